The number of para-hydroxylation sites is 4. The lowest BCUT2D eigenvalue weighted by Gasteiger charge is -2.12. The van der Waals surface area contributed by atoms with E-state index in [2.05, 4.69) is 103 Å². The van der Waals surface area contributed by atoms with E-state index in [9.17, 15) is 0 Å². The summed E-state index contributed by atoms with van der Waals surface area (Å²) in [5.74, 6) is 1.74. The molecule has 270 valence electrons. The molecule has 0 fully saturated rings. The van der Waals surface area contributed by atoms with Crippen molar-refractivity contribution in [3.63, 3.8) is 0 Å². The van der Waals surface area contributed by atoms with Gasteiger partial charge in [0.15, 0.2) is 23.1 Å². The molecular weight excluding hydrogens is 713 g/mol. The summed E-state index contributed by atoms with van der Waals surface area (Å²) >= 11 is 0. The lowest BCUT2D eigenvalue weighted by molar-refractivity contribution is 0.668. The van der Waals surface area contributed by atoms with Gasteiger partial charge in [0.05, 0.1) is 11.1 Å². The Morgan fingerprint density at radius 3 is 1.81 bits per heavy atom. The first kappa shape index (κ1) is 32.3. The van der Waals surface area contributed by atoms with Crippen molar-refractivity contribution in [1.82, 2.24) is 19.9 Å². The van der Waals surface area contributed by atoms with Gasteiger partial charge in [-0.1, -0.05) is 146 Å². The molecule has 0 aliphatic rings. The van der Waals surface area contributed by atoms with Gasteiger partial charge in [-0.3, -0.25) is 0 Å². The second-order valence-corrected chi connectivity index (χ2v) is 14.6. The van der Waals surface area contributed by atoms with Crippen molar-refractivity contribution < 1.29 is 8.83 Å². The van der Waals surface area contributed by atoms with Crippen molar-refractivity contribution in [2.45, 2.75) is 0 Å². The van der Waals surface area contributed by atoms with Gasteiger partial charge in [0.2, 0.25) is 0 Å². The number of hydrogen-bond donors (Lipinski definition) is 0. The maximum Gasteiger partial charge on any atom is 0.167 e. The third kappa shape index (κ3) is 5.12. The van der Waals surface area contributed by atoms with Crippen LogP contribution in [0.3, 0.4) is 0 Å². The maximum atomic E-state index is 6.53. The molecule has 0 aliphatic heterocycles. The van der Waals surface area contributed by atoms with Crippen LogP contribution in [0.15, 0.2) is 191 Å². The highest BCUT2D eigenvalue weighted by Gasteiger charge is 2.20. The van der Waals surface area contributed by atoms with E-state index in [-0.39, 0.29) is 0 Å². The number of furan rings is 2. The van der Waals surface area contributed by atoms with Gasteiger partial charge in [-0.2, -0.15) is 0 Å². The van der Waals surface area contributed by atoms with E-state index in [0.29, 0.717) is 17.5 Å². The van der Waals surface area contributed by atoms with E-state index in [1.54, 1.807) is 0 Å². The predicted octanol–water partition coefficient (Wildman–Crippen LogP) is 13.7. The highest BCUT2D eigenvalue weighted by atomic mass is 16.3. The Labute approximate surface area is 331 Å². The predicted molar refractivity (Wildman–Crippen MR) is 234 cm³/mol. The first-order valence-electron chi connectivity index (χ1n) is 19.3. The Morgan fingerprint density at radius 1 is 0.328 bits per heavy atom. The molecule has 0 atom stereocenters. The minimum atomic E-state index is 0.555. The second kappa shape index (κ2) is 12.8. The van der Waals surface area contributed by atoms with Gasteiger partial charge in [-0.25, -0.2) is 19.9 Å². The minimum absolute atomic E-state index is 0.555. The minimum Gasteiger partial charge on any atom is -0.455 e. The first-order valence-corrected chi connectivity index (χ1v) is 19.3. The van der Waals surface area contributed by atoms with Crippen molar-refractivity contribution in [2.24, 2.45) is 0 Å². The number of hydrogen-bond acceptors (Lipinski definition) is 6. The number of fused-ring (bicyclic) bond motifs is 9. The SMILES string of the molecule is c1ccc(-c2nc(-c3cccc4cc(-c5cccc(-c6nc7ccccc7c7c6oc6ccccc67)c5)ccc34)nc(-c3cccc4c3oc3ccccc34)n2)cc1. The molecule has 4 aromatic heterocycles. The van der Waals surface area contributed by atoms with Gasteiger partial charge in [0.25, 0.3) is 0 Å². The molecule has 0 unspecified atom stereocenters. The highest BCUT2D eigenvalue weighted by Crippen LogP contribution is 2.41. The van der Waals surface area contributed by atoms with Crippen molar-refractivity contribution in [1.29, 1.82) is 0 Å². The molecule has 0 N–H and O–H groups in total. The summed E-state index contributed by atoms with van der Waals surface area (Å²) < 4.78 is 13.0. The van der Waals surface area contributed by atoms with Crippen molar-refractivity contribution in [2.75, 3.05) is 0 Å². The topological polar surface area (TPSA) is 77.8 Å². The Hall–Kier alpha value is -7.96. The van der Waals surface area contributed by atoms with Crippen LogP contribution in [0.5, 0.6) is 0 Å². The number of benzene rings is 8. The monoisotopic (exact) mass is 742 g/mol. The Bertz CT molecular complexity index is 3590. The molecule has 12 rings (SSSR count). The van der Waals surface area contributed by atoms with Gasteiger partial charge in [-0.15, -0.1) is 0 Å². The summed E-state index contributed by atoms with van der Waals surface area (Å²) in [6.45, 7) is 0. The van der Waals surface area contributed by atoms with Crippen LogP contribution in [0.4, 0.5) is 0 Å². The quantitative estimate of drug-likeness (QED) is 0.175. The fourth-order valence-corrected chi connectivity index (χ4v) is 8.39. The van der Waals surface area contributed by atoms with Crippen molar-refractivity contribution >= 4 is 65.6 Å². The molecule has 0 bridgehead atoms. The number of rotatable bonds is 5. The second-order valence-electron chi connectivity index (χ2n) is 14.6. The lowest BCUT2D eigenvalue weighted by atomic mass is 9.96. The summed E-state index contributed by atoms with van der Waals surface area (Å²) in [4.78, 5) is 20.5. The molecule has 6 nitrogen and oxygen atoms in total. The Balaban J connectivity index is 0.992. The van der Waals surface area contributed by atoms with Gasteiger partial charge in [-0.05, 0) is 58.3 Å². The zero-order valence-electron chi connectivity index (χ0n) is 30.9. The molecule has 6 heteroatoms. The molecule has 0 aliphatic carbocycles. The third-order valence-electron chi connectivity index (χ3n) is 11.1. The summed E-state index contributed by atoms with van der Waals surface area (Å²) in [5.41, 5.74) is 10.8. The van der Waals surface area contributed by atoms with Gasteiger partial charge >= 0.3 is 0 Å². The summed E-state index contributed by atoms with van der Waals surface area (Å²) in [6, 6.07) is 62.2. The van der Waals surface area contributed by atoms with Crippen LogP contribution in [-0.2, 0) is 0 Å². The summed E-state index contributed by atoms with van der Waals surface area (Å²) in [6.07, 6.45) is 0. The van der Waals surface area contributed by atoms with E-state index in [1.807, 2.05) is 78.9 Å². The van der Waals surface area contributed by atoms with E-state index >= 15 is 0 Å². The standard InChI is InChI=1S/C52H30N4O2/c1-2-13-31(14-3-1)50-54-51(56-52(55-50)42-23-12-21-38-37-18-5-8-25-44(37)57-48(38)42)39-22-11-16-34-29-33(27-28-36(34)39)32-15-10-17-35(30-32)47-49-46(40-19-4-7-24-43(40)53-47)41-20-6-9-26-45(41)58-49/h1-30H. The summed E-state index contributed by atoms with van der Waals surface area (Å²) in [7, 11) is 0. The average molecular weight is 743 g/mol. The van der Waals surface area contributed by atoms with Crippen LogP contribution < -0.4 is 0 Å². The summed E-state index contributed by atoms with van der Waals surface area (Å²) in [5, 5.41) is 7.46. The molecular formula is C52H30N4O2. The highest BCUT2D eigenvalue weighted by molar-refractivity contribution is 6.21. The zero-order valence-corrected chi connectivity index (χ0v) is 30.9. The number of aromatic nitrogens is 4. The number of nitrogens with zero attached hydrogens (tertiary/aromatic N) is 4. The first-order chi connectivity index (χ1) is 28.7. The van der Waals surface area contributed by atoms with Crippen LogP contribution in [0, 0.1) is 0 Å². The van der Waals surface area contributed by atoms with Crippen LogP contribution in [0.1, 0.15) is 0 Å². The Kier molecular flexibility index (Phi) is 7.13. The molecule has 0 saturated carbocycles. The Morgan fingerprint density at radius 2 is 0.931 bits per heavy atom. The van der Waals surface area contributed by atoms with Crippen LogP contribution >= 0.6 is 0 Å². The molecule has 8 aromatic carbocycles. The largest absolute Gasteiger partial charge is 0.455 e. The van der Waals surface area contributed by atoms with Gasteiger partial charge in [0.1, 0.15) is 22.4 Å². The van der Waals surface area contributed by atoms with Gasteiger partial charge in [0, 0.05) is 43.6 Å². The molecule has 4 heterocycles. The van der Waals surface area contributed by atoms with Crippen molar-refractivity contribution in [3.8, 4) is 56.5 Å². The van der Waals surface area contributed by atoms with E-state index in [4.69, 9.17) is 28.8 Å². The van der Waals surface area contributed by atoms with E-state index < -0.39 is 0 Å². The number of pyridine rings is 1. The lowest BCUT2D eigenvalue weighted by Crippen LogP contribution is -2.00. The zero-order chi connectivity index (χ0) is 38.2. The molecule has 0 spiro atoms. The smallest absolute Gasteiger partial charge is 0.167 e. The normalized spacial score (nSPS) is 11.8. The molecule has 0 amide bonds. The van der Waals surface area contributed by atoms with Crippen molar-refractivity contribution in [3.05, 3.63) is 182 Å². The molecule has 0 saturated heterocycles. The molecule has 12 aromatic rings. The van der Waals surface area contributed by atoms with E-state index in [0.717, 1.165) is 105 Å². The van der Waals surface area contributed by atoms with Crippen LogP contribution in [-0.4, -0.2) is 19.9 Å². The molecule has 0 radical (unpaired) electrons. The van der Waals surface area contributed by atoms with Gasteiger partial charge < -0.3 is 8.83 Å². The van der Waals surface area contributed by atoms with E-state index in [1.165, 1.54) is 0 Å². The fraction of sp³-hybridized carbons (Fsp3) is 0. The third-order valence-corrected chi connectivity index (χ3v) is 11.1. The van der Waals surface area contributed by atoms with Crippen LogP contribution in [0.25, 0.3) is 122 Å². The molecule has 58 heavy (non-hydrogen) atoms. The average Bonchev–Trinajstić information content (AvgIpc) is 3.88. The van der Waals surface area contributed by atoms with Crippen LogP contribution in [0.2, 0.25) is 0 Å². The fourth-order valence-electron chi connectivity index (χ4n) is 8.39. The maximum absolute atomic E-state index is 6.53.